The molecule has 0 spiro atoms. The van der Waals surface area contributed by atoms with Crippen molar-refractivity contribution in [3.8, 4) is 0 Å². The van der Waals surface area contributed by atoms with E-state index in [0.717, 1.165) is 30.8 Å². The van der Waals surface area contributed by atoms with Crippen LogP contribution >= 0.6 is 0 Å². The Bertz CT molecular complexity index is 382. The average molecular weight is 327 g/mol. The summed E-state index contributed by atoms with van der Waals surface area (Å²) in [5.41, 5.74) is 1.49. The summed E-state index contributed by atoms with van der Waals surface area (Å²) in [4.78, 5) is 11.8. The maximum absolute atomic E-state index is 11.8. The first kappa shape index (κ1) is 19.4. The topological polar surface area (TPSA) is 35.5 Å². The van der Waals surface area contributed by atoms with Crippen molar-refractivity contribution in [1.82, 2.24) is 0 Å². The Labute approximate surface area is 138 Å². The molecule has 1 aliphatic rings. The Morgan fingerprint density at radius 2 is 1.95 bits per heavy atom. The van der Waals surface area contributed by atoms with E-state index in [9.17, 15) is 4.79 Å². The maximum Gasteiger partial charge on any atom is 0.330 e. The van der Waals surface area contributed by atoms with Gasteiger partial charge in [0.25, 0.3) is 0 Å². The highest BCUT2D eigenvalue weighted by molar-refractivity contribution is 6.48. The molecule has 0 heterocycles. The SMILES string of the molecule is CCOC(=O)C=C1CCCC(C(C)(C)C)CCC1O[SiH](C)C. The van der Waals surface area contributed by atoms with Gasteiger partial charge in [-0.15, -0.1) is 0 Å². The van der Waals surface area contributed by atoms with Crippen LogP contribution in [0.1, 0.15) is 59.8 Å². The molecule has 0 bridgehead atoms. The van der Waals surface area contributed by atoms with Crippen molar-refractivity contribution in [1.29, 1.82) is 0 Å². The molecule has 4 heteroatoms. The second-order valence-electron chi connectivity index (χ2n) is 7.68. The quantitative estimate of drug-likeness (QED) is 0.434. The van der Waals surface area contributed by atoms with Crippen molar-refractivity contribution in [2.75, 3.05) is 6.61 Å². The average Bonchev–Trinajstić information content (AvgIpc) is 2.35. The van der Waals surface area contributed by atoms with Gasteiger partial charge in [0.1, 0.15) is 0 Å². The van der Waals surface area contributed by atoms with Gasteiger partial charge in [-0.3, -0.25) is 0 Å². The number of hydrogen-bond donors (Lipinski definition) is 0. The van der Waals surface area contributed by atoms with Crippen LogP contribution in [0.15, 0.2) is 11.6 Å². The van der Waals surface area contributed by atoms with E-state index in [1.54, 1.807) is 6.08 Å². The minimum absolute atomic E-state index is 0.112. The number of rotatable bonds is 4. The van der Waals surface area contributed by atoms with Gasteiger partial charge < -0.3 is 9.16 Å². The molecule has 0 aromatic heterocycles. The third-order valence-corrected chi connectivity index (χ3v) is 5.33. The minimum Gasteiger partial charge on any atom is -0.463 e. The summed E-state index contributed by atoms with van der Waals surface area (Å²) in [7, 11) is -1.13. The van der Waals surface area contributed by atoms with Crippen molar-refractivity contribution in [3.05, 3.63) is 11.6 Å². The molecule has 1 aliphatic carbocycles. The highest BCUT2D eigenvalue weighted by atomic mass is 28.3. The number of esters is 1. The summed E-state index contributed by atoms with van der Waals surface area (Å²) in [5, 5.41) is 0. The van der Waals surface area contributed by atoms with Crippen molar-refractivity contribution in [2.45, 2.75) is 79.0 Å². The fourth-order valence-electron chi connectivity index (χ4n) is 3.25. The highest BCUT2D eigenvalue weighted by Crippen LogP contribution is 2.38. The number of carbonyl (C=O) groups is 1. The normalized spacial score (nSPS) is 25.9. The van der Waals surface area contributed by atoms with Gasteiger partial charge >= 0.3 is 5.97 Å². The van der Waals surface area contributed by atoms with E-state index in [1.165, 1.54) is 12.8 Å². The van der Waals surface area contributed by atoms with Crippen LogP contribution in [0.5, 0.6) is 0 Å². The molecule has 1 saturated carbocycles. The molecule has 0 radical (unpaired) electrons. The minimum atomic E-state index is -1.13. The lowest BCUT2D eigenvalue weighted by Crippen LogP contribution is -2.29. The summed E-state index contributed by atoms with van der Waals surface area (Å²) in [6, 6.07) is 0. The Balaban J connectivity index is 2.85. The van der Waals surface area contributed by atoms with E-state index in [2.05, 4.69) is 33.9 Å². The zero-order valence-electron chi connectivity index (χ0n) is 15.3. The molecule has 1 fully saturated rings. The van der Waals surface area contributed by atoms with E-state index in [1.807, 2.05) is 6.92 Å². The summed E-state index contributed by atoms with van der Waals surface area (Å²) < 4.78 is 11.3. The van der Waals surface area contributed by atoms with Gasteiger partial charge in [0.15, 0.2) is 9.04 Å². The predicted molar refractivity (Wildman–Crippen MR) is 94.5 cm³/mol. The molecule has 128 valence electrons. The van der Waals surface area contributed by atoms with Crippen LogP contribution < -0.4 is 0 Å². The number of ether oxygens (including phenoxy) is 1. The van der Waals surface area contributed by atoms with Crippen LogP contribution in [-0.2, 0) is 14.0 Å². The van der Waals surface area contributed by atoms with Crippen LogP contribution in [0.25, 0.3) is 0 Å². The van der Waals surface area contributed by atoms with Crippen molar-refractivity contribution in [2.24, 2.45) is 11.3 Å². The van der Waals surface area contributed by atoms with Gasteiger partial charge in [0, 0.05) is 6.08 Å². The molecule has 0 amide bonds. The molecule has 0 aromatic rings. The van der Waals surface area contributed by atoms with Gasteiger partial charge in [-0.25, -0.2) is 4.79 Å². The number of hydrogen-bond acceptors (Lipinski definition) is 3. The van der Waals surface area contributed by atoms with Crippen LogP contribution in [0.4, 0.5) is 0 Å². The molecular weight excluding hydrogens is 292 g/mol. The molecule has 0 aromatic carbocycles. The first-order valence-electron chi connectivity index (χ1n) is 8.76. The van der Waals surface area contributed by atoms with E-state index in [0.29, 0.717) is 12.0 Å². The zero-order valence-corrected chi connectivity index (χ0v) is 16.4. The zero-order chi connectivity index (χ0) is 16.8. The highest BCUT2D eigenvalue weighted by Gasteiger charge is 2.29. The monoisotopic (exact) mass is 326 g/mol. The molecule has 22 heavy (non-hydrogen) atoms. The van der Waals surface area contributed by atoms with E-state index >= 15 is 0 Å². The summed E-state index contributed by atoms with van der Waals surface area (Å²) >= 11 is 0. The first-order chi connectivity index (χ1) is 10.2. The predicted octanol–water partition coefficient (Wildman–Crippen LogP) is 4.47. The fourth-order valence-corrected chi connectivity index (χ4v) is 4.21. The molecule has 3 nitrogen and oxygen atoms in total. The molecule has 1 rings (SSSR count). The third-order valence-electron chi connectivity index (χ3n) is 4.46. The summed E-state index contributed by atoms with van der Waals surface area (Å²) in [6.45, 7) is 13.7. The van der Waals surface area contributed by atoms with E-state index in [4.69, 9.17) is 9.16 Å². The lowest BCUT2D eigenvalue weighted by molar-refractivity contribution is -0.137. The Morgan fingerprint density at radius 1 is 1.27 bits per heavy atom. The van der Waals surface area contributed by atoms with E-state index < -0.39 is 9.04 Å². The van der Waals surface area contributed by atoms with Gasteiger partial charge in [-0.1, -0.05) is 20.8 Å². The van der Waals surface area contributed by atoms with Crippen LogP contribution in [0, 0.1) is 11.3 Å². The maximum atomic E-state index is 11.8. The summed E-state index contributed by atoms with van der Waals surface area (Å²) in [5.74, 6) is 0.515. The molecule has 0 aliphatic heterocycles. The lowest BCUT2D eigenvalue weighted by atomic mass is 9.73. The molecular formula is C18H34O3Si. The molecule has 0 N–H and O–H groups in total. The van der Waals surface area contributed by atoms with Gasteiger partial charge in [-0.2, -0.15) is 0 Å². The van der Waals surface area contributed by atoms with Gasteiger partial charge in [0.2, 0.25) is 0 Å². The molecule has 2 unspecified atom stereocenters. The second-order valence-corrected chi connectivity index (χ2v) is 10.0. The Hall–Kier alpha value is -0.613. The van der Waals surface area contributed by atoms with Crippen LogP contribution in [-0.4, -0.2) is 27.7 Å². The summed E-state index contributed by atoms with van der Waals surface area (Å²) in [6.07, 6.45) is 7.33. The Kier molecular flexibility index (Phi) is 7.84. The van der Waals surface area contributed by atoms with Gasteiger partial charge in [0.05, 0.1) is 12.7 Å². The third kappa shape index (κ3) is 6.65. The first-order valence-corrected chi connectivity index (χ1v) is 11.5. The Morgan fingerprint density at radius 3 is 2.50 bits per heavy atom. The smallest absolute Gasteiger partial charge is 0.330 e. The standard InChI is InChI=1S/C18H34O3Si/c1-7-20-17(19)13-14-9-8-10-15(18(2,3)4)11-12-16(14)21-22(5)6/h13,15-16,22H,7-12H2,1-6H3. The van der Waals surface area contributed by atoms with Gasteiger partial charge in [-0.05, 0) is 69.0 Å². The number of carbonyl (C=O) groups excluding carboxylic acids is 1. The fraction of sp³-hybridized carbons (Fsp3) is 0.833. The van der Waals surface area contributed by atoms with Crippen LogP contribution in [0.2, 0.25) is 13.1 Å². The van der Waals surface area contributed by atoms with Crippen LogP contribution in [0.3, 0.4) is 0 Å². The second kappa shape index (κ2) is 8.87. The van der Waals surface area contributed by atoms with Crippen molar-refractivity contribution < 1.29 is 14.0 Å². The van der Waals surface area contributed by atoms with Crippen molar-refractivity contribution in [3.63, 3.8) is 0 Å². The van der Waals surface area contributed by atoms with E-state index in [-0.39, 0.29) is 12.1 Å². The molecule has 2 atom stereocenters. The molecule has 0 saturated heterocycles. The lowest BCUT2D eigenvalue weighted by Gasteiger charge is -2.35. The van der Waals surface area contributed by atoms with Crippen molar-refractivity contribution >= 4 is 15.0 Å². The largest absolute Gasteiger partial charge is 0.463 e.